The number of benzene rings is 3. The van der Waals surface area contributed by atoms with Gasteiger partial charge < -0.3 is 4.90 Å². The fourth-order valence-corrected chi connectivity index (χ4v) is 4.45. The second-order valence-corrected chi connectivity index (χ2v) is 8.68. The second-order valence-electron chi connectivity index (χ2n) is 6.21. The van der Waals surface area contributed by atoms with Crippen LogP contribution in [0.3, 0.4) is 0 Å². The molecular formula is C22H15Cl2N3S2. The minimum Gasteiger partial charge on any atom is -0.305 e. The zero-order chi connectivity index (χ0) is 20.2. The molecule has 3 nitrogen and oxygen atoms in total. The molecule has 1 heterocycles. The van der Waals surface area contributed by atoms with Crippen molar-refractivity contribution >= 4 is 73.8 Å². The SMILES string of the molecule is S=C1SC(=Nc2ccccc2)C(=Nc2ccccc2)N1Cc1ccc(Cl)cc1Cl. The van der Waals surface area contributed by atoms with E-state index in [1.807, 2.05) is 77.7 Å². The molecule has 1 fully saturated rings. The maximum atomic E-state index is 6.40. The van der Waals surface area contributed by atoms with Crippen LogP contribution in [0, 0.1) is 0 Å². The molecule has 0 spiro atoms. The smallest absolute Gasteiger partial charge is 0.168 e. The zero-order valence-electron chi connectivity index (χ0n) is 15.1. The highest BCUT2D eigenvalue weighted by Gasteiger charge is 2.32. The van der Waals surface area contributed by atoms with Crippen molar-refractivity contribution in [3.05, 3.63) is 94.5 Å². The molecule has 0 amide bonds. The summed E-state index contributed by atoms with van der Waals surface area (Å²) < 4.78 is 0.681. The van der Waals surface area contributed by atoms with E-state index in [4.69, 9.17) is 45.4 Å². The molecule has 0 unspecified atom stereocenters. The van der Waals surface area contributed by atoms with Crippen LogP contribution in [0.5, 0.6) is 0 Å². The van der Waals surface area contributed by atoms with Gasteiger partial charge in [0.2, 0.25) is 0 Å². The number of halogens is 2. The van der Waals surface area contributed by atoms with Crippen molar-refractivity contribution in [3.8, 4) is 0 Å². The third-order valence-electron chi connectivity index (χ3n) is 4.17. The Kier molecular flexibility index (Phi) is 6.31. The first kappa shape index (κ1) is 20.1. The summed E-state index contributed by atoms with van der Waals surface area (Å²) in [6.07, 6.45) is 0. The lowest BCUT2D eigenvalue weighted by Gasteiger charge is -2.18. The molecule has 0 atom stereocenters. The summed E-state index contributed by atoms with van der Waals surface area (Å²) in [5, 5.41) is 1.95. The molecular weight excluding hydrogens is 441 g/mol. The van der Waals surface area contributed by atoms with Crippen LogP contribution in [0.2, 0.25) is 10.0 Å². The number of hydrogen-bond donors (Lipinski definition) is 0. The fraction of sp³-hybridized carbons (Fsp3) is 0.0455. The molecule has 1 aliphatic rings. The van der Waals surface area contributed by atoms with Gasteiger partial charge in [-0.2, -0.15) is 0 Å². The monoisotopic (exact) mass is 455 g/mol. The van der Waals surface area contributed by atoms with E-state index in [-0.39, 0.29) is 0 Å². The maximum absolute atomic E-state index is 6.40. The highest BCUT2D eigenvalue weighted by molar-refractivity contribution is 8.35. The molecule has 29 heavy (non-hydrogen) atoms. The Labute approximate surface area is 189 Å². The largest absolute Gasteiger partial charge is 0.305 e. The standard InChI is InChI=1S/C22H15Cl2N3S2/c23-16-12-11-15(19(24)13-16)14-27-20(25-17-7-3-1-4-8-17)21(29-22(27)28)26-18-9-5-2-6-10-18/h1-13H,14H2. The number of para-hydroxylation sites is 2. The lowest BCUT2D eigenvalue weighted by atomic mass is 10.2. The summed E-state index contributed by atoms with van der Waals surface area (Å²) in [6, 6.07) is 25.0. The van der Waals surface area contributed by atoms with E-state index in [2.05, 4.69) is 0 Å². The number of hydrogen-bond acceptors (Lipinski definition) is 4. The second kappa shape index (κ2) is 9.09. The molecule has 0 bridgehead atoms. The van der Waals surface area contributed by atoms with Gasteiger partial charge in [-0.15, -0.1) is 0 Å². The Balaban J connectivity index is 1.75. The number of nitrogens with zero attached hydrogens (tertiary/aromatic N) is 3. The van der Waals surface area contributed by atoms with Crippen molar-refractivity contribution in [1.29, 1.82) is 0 Å². The summed E-state index contributed by atoms with van der Waals surface area (Å²) >= 11 is 19.5. The molecule has 0 aromatic heterocycles. The molecule has 1 saturated heterocycles. The van der Waals surface area contributed by atoms with Gasteiger partial charge in [0.15, 0.2) is 5.84 Å². The van der Waals surface area contributed by atoms with E-state index in [0.29, 0.717) is 26.7 Å². The number of thioether (sulfide) groups is 1. The summed E-state index contributed by atoms with van der Waals surface area (Å²) in [7, 11) is 0. The third-order valence-corrected chi connectivity index (χ3v) is 6.09. The Hall–Kier alpha value is -2.18. The molecule has 3 aromatic rings. The molecule has 7 heteroatoms. The van der Waals surface area contributed by atoms with Gasteiger partial charge in [0, 0.05) is 10.0 Å². The van der Waals surface area contributed by atoms with Crippen molar-refractivity contribution in [1.82, 2.24) is 4.90 Å². The van der Waals surface area contributed by atoms with Crippen molar-refractivity contribution in [2.75, 3.05) is 0 Å². The minimum absolute atomic E-state index is 0.487. The number of amidine groups is 1. The van der Waals surface area contributed by atoms with Crippen LogP contribution < -0.4 is 0 Å². The fourth-order valence-electron chi connectivity index (χ4n) is 2.77. The number of rotatable bonds is 4. The van der Waals surface area contributed by atoms with Crippen LogP contribution in [-0.4, -0.2) is 20.1 Å². The summed E-state index contributed by atoms with van der Waals surface area (Å²) in [5.74, 6) is 0.709. The minimum atomic E-state index is 0.487. The van der Waals surface area contributed by atoms with Crippen LogP contribution in [-0.2, 0) is 6.54 Å². The van der Waals surface area contributed by atoms with Crippen molar-refractivity contribution in [2.45, 2.75) is 6.54 Å². The Bertz CT molecular complexity index is 1100. The van der Waals surface area contributed by atoms with Gasteiger partial charge in [0.05, 0.1) is 17.9 Å². The normalized spacial score (nSPS) is 16.8. The highest BCUT2D eigenvalue weighted by Crippen LogP contribution is 2.32. The molecule has 0 radical (unpaired) electrons. The topological polar surface area (TPSA) is 28.0 Å². The van der Waals surface area contributed by atoms with Crippen molar-refractivity contribution < 1.29 is 0 Å². The average Bonchev–Trinajstić information content (AvgIpc) is 3.00. The van der Waals surface area contributed by atoms with E-state index in [0.717, 1.165) is 22.0 Å². The van der Waals surface area contributed by atoms with Gasteiger partial charge in [-0.05, 0) is 53.7 Å². The molecule has 3 aromatic carbocycles. The Morgan fingerprint density at radius 2 is 1.45 bits per heavy atom. The lowest BCUT2D eigenvalue weighted by molar-refractivity contribution is 0.636. The summed E-state index contributed by atoms with van der Waals surface area (Å²) in [5.41, 5.74) is 2.60. The highest BCUT2D eigenvalue weighted by atomic mass is 35.5. The first-order valence-electron chi connectivity index (χ1n) is 8.81. The van der Waals surface area contributed by atoms with Crippen LogP contribution in [0.15, 0.2) is 88.8 Å². The van der Waals surface area contributed by atoms with E-state index in [1.54, 1.807) is 6.07 Å². The van der Waals surface area contributed by atoms with E-state index in [9.17, 15) is 0 Å². The third kappa shape index (κ3) is 4.87. The van der Waals surface area contributed by atoms with E-state index < -0.39 is 0 Å². The quantitative estimate of drug-likeness (QED) is 0.386. The summed E-state index contributed by atoms with van der Waals surface area (Å²) in [6.45, 7) is 0.487. The van der Waals surface area contributed by atoms with Crippen molar-refractivity contribution in [2.24, 2.45) is 9.98 Å². The van der Waals surface area contributed by atoms with Gasteiger partial charge in [-0.3, -0.25) is 0 Å². The molecule has 144 valence electrons. The summed E-state index contributed by atoms with van der Waals surface area (Å²) in [4.78, 5) is 11.6. The lowest BCUT2D eigenvalue weighted by Crippen LogP contribution is -2.29. The van der Waals surface area contributed by atoms with Crippen LogP contribution in [0.1, 0.15) is 5.56 Å². The number of thiocarbonyl (C=S) groups is 1. The van der Waals surface area contributed by atoms with Gasteiger partial charge in [0.1, 0.15) is 9.36 Å². The molecule has 0 saturated carbocycles. The molecule has 1 aliphatic heterocycles. The van der Waals surface area contributed by atoms with Gasteiger partial charge >= 0.3 is 0 Å². The zero-order valence-corrected chi connectivity index (χ0v) is 18.3. The van der Waals surface area contributed by atoms with Crippen LogP contribution >= 0.6 is 47.2 Å². The van der Waals surface area contributed by atoms with Crippen LogP contribution in [0.25, 0.3) is 0 Å². The predicted octanol–water partition coefficient (Wildman–Crippen LogP) is 7.29. The maximum Gasteiger partial charge on any atom is 0.168 e. The predicted molar refractivity (Wildman–Crippen MR) is 129 cm³/mol. The van der Waals surface area contributed by atoms with Crippen molar-refractivity contribution in [3.63, 3.8) is 0 Å². The van der Waals surface area contributed by atoms with Gasteiger partial charge in [-0.1, -0.05) is 77.9 Å². The Morgan fingerprint density at radius 3 is 2.07 bits per heavy atom. The number of aliphatic imine (C=N–C) groups is 2. The van der Waals surface area contributed by atoms with Gasteiger partial charge in [0.25, 0.3) is 0 Å². The molecule has 0 N–H and O–H groups in total. The molecule has 4 rings (SSSR count). The van der Waals surface area contributed by atoms with E-state index in [1.165, 1.54) is 11.8 Å². The first-order valence-corrected chi connectivity index (χ1v) is 10.8. The van der Waals surface area contributed by atoms with E-state index >= 15 is 0 Å². The van der Waals surface area contributed by atoms with Gasteiger partial charge in [-0.25, -0.2) is 9.98 Å². The molecule has 0 aliphatic carbocycles. The Morgan fingerprint density at radius 1 is 0.828 bits per heavy atom. The first-order chi connectivity index (χ1) is 14.1. The average molecular weight is 456 g/mol. The van der Waals surface area contributed by atoms with Crippen LogP contribution in [0.4, 0.5) is 11.4 Å².